The molecule has 0 unspecified atom stereocenters. The maximum atomic E-state index is 13.5. The van der Waals surface area contributed by atoms with Gasteiger partial charge in [0.05, 0.1) is 55.5 Å². The van der Waals surface area contributed by atoms with Crippen molar-refractivity contribution in [1.82, 2.24) is 43.6 Å². The summed E-state index contributed by atoms with van der Waals surface area (Å²) in [6.07, 6.45) is -2.70. The van der Waals surface area contributed by atoms with Crippen LogP contribution < -0.4 is 49.8 Å². The number of nitriles is 1. The van der Waals surface area contributed by atoms with Crippen molar-refractivity contribution in [3.8, 4) is 23.1 Å². The summed E-state index contributed by atoms with van der Waals surface area (Å²) in [5.74, 6) is 0.290. The molecule has 0 aliphatic carbocycles. The number of anilines is 6. The Kier molecular flexibility index (Phi) is 18.9. The average molecular weight is 1300 g/mol. The molecule has 6 aromatic heterocycles. The number of hydrogen-bond acceptors (Lipinski definition) is 16. The van der Waals surface area contributed by atoms with Crippen molar-refractivity contribution >= 4 is 114 Å². The van der Waals surface area contributed by atoms with E-state index < -0.39 is 23.6 Å². The van der Waals surface area contributed by atoms with Gasteiger partial charge in [0.2, 0.25) is 17.2 Å². The Hall–Kier alpha value is -10.6. The van der Waals surface area contributed by atoms with Gasteiger partial charge in [0.15, 0.2) is 0 Å². The molecule has 9 N–H and O–H groups in total. The van der Waals surface area contributed by atoms with Crippen LogP contribution in [0.5, 0.6) is 0 Å². The van der Waals surface area contributed by atoms with Gasteiger partial charge in [-0.15, -0.1) is 0 Å². The SMILES string of the molecule is C[C@H](Nc1cc(N)nc(Cl)n1)c1cc2cccc(Cl)c2c(=O)n1-c1ccccc1.C[C@H](Nc1nc(N)ncc1C#N)c1cc2cccc(Cl)c2c(=O)n1-c1ccccc1.C[C@H](Nc1nc(N)ncc1C(F)(F)F)c1cc2cccc(Cl)c2c(=O)n1-c1ccccc1. The third-order valence-corrected chi connectivity index (χ3v) is 15.4. The molecule has 458 valence electrons. The number of rotatable bonds is 12. The third kappa shape index (κ3) is 13.8. The zero-order valence-electron chi connectivity index (χ0n) is 48.1. The van der Waals surface area contributed by atoms with Gasteiger partial charge in [-0.3, -0.25) is 28.1 Å². The first kappa shape index (κ1) is 63.4. The summed E-state index contributed by atoms with van der Waals surface area (Å²) in [7, 11) is 0. The molecule has 0 aliphatic heterocycles. The topological polar surface area (TPSA) is 281 Å². The molecule has 91 heavy (non-hydrogen) atoms. The predicted octanol–water partition coefficient (Wildman–Crippen LogP) is 14.1. The number of benzene rings is 6. The van der Waals surface area contributed by atoms with Crippen LogP contribution in [0.1, 0.15) is 67.1 Å². The van der Waals surface area contributed by atoms with E-state index in [9.17, 15) is 32.8 Å². The first-order valence-corrected chi connectivity index (χ1v) is 29.1. The van der Waals surface area contributed by atoms with Crippen LogP contribution in [0.4, 0.5) is 48.3 Å². The minimum atomic E-state index is -4.69. The average Bonchev–Trinajstić information content (AvgIpc) is 0.844. The number of hydrogen-bond donors (Lipinski definition) is 6. The molecular formula is C65H51Cl4F3N16O3. The number of fused-ring (bicyclic) bond motifs is 3. The van der Waals surface area contributed by atoms with Crippen molar-refractivity contribution < 1.29 is 13.2 Å². The van der Waals surface area contributed by atoms with Crippen LogP contribution in [0.25, 0.3) is 49.4 Å². The van der Waals surface area contributed by atoms with Crippen LogP contribution in [-0.4, -0.2) is 43.6 Å². The Balaban J connectivity index is 0.000000150. The molecule has 6 heterocycles. The van der Waals surface area contributed by atoms with E-state index in [2.05, 4.69) is 45.9 Å². The molecule has 12 aromatic rings. The number of pyridine rings is 3. The van der Waals surface area contributed by atoms with E-state index in [0.29, 0.717) is 72.2 Å². The molecular weight excluding hydrogens is 1250 g/mol. The van der Waals surface area contributed by atoms with Crippen molar-refractivity contribution in [2.75, 3.05) is 33.2 Å². The predicted molar refractivity (Wildman–Crippen MR) is 354 cm³/mol. The molecule has 6 aromatic carbocycles. The molecule has 0 saturated heterocycles. The Morgan fingerprint density at radius 2 is 0.857 bits per heavy atom. The Bertz CT molecular complexity index is 4920. The molecule has 26 heteroatoms. The van der Waals surface area contributed by atoms with Gasteiger partial charge >= 0.3 is 6.18 Å². The monoisotopic (exact) mass is 1300 g/mol. The Labute approximate surface area is 536 Å². The van der Waals surface area contributed by atoms with Gasteiger partial charge in [-0.1, -0.05) is 126 Å². The highest BCUT2D eigenvalue weighted by molar-refractivity contribution is 6.36. The normalized spacial score (nSPS) is 12.2. The summed E-state index contributed by atoms with van der Waals surface area (Å²) in [6, 6.07) is 51.0. The lowest BCUT2D eigenvalue weighted by molar-refractivity contribution is -0.137. The van der Waals surface area contributed by atoms with Gasteiger partial charge in [-0.25, -0.2) is 19.9 Å². The van der Waals surface area contributed by atoms with Gasteiger partial charge in [-0.2, -0.15) is 28.4 Å². The summed E-state index contributed by atoms with van der Waals surface area (Å²) >= 11 is 24.9. The summed E-state index contributed by atoms with van der Waals surface area (Å²) < 4.78 is 45.1. The number of aromatic nitrogens is 9. The lowest BCUT2D eigenvalue weighted by atomic mass is 10.1. The van der Waals surface area contributed by atoms with Crippen LogP contribution in [0, 0.1) is 11.3 Å². The molecule has 0 aliphatic rings. The van der Waals surface area contributed by atoms with Crippen molar-refractivity contribution in [2.24, 2.45) is 0 Å². The van der Waals surface area contributed by atoms with Gasteiger partial charge in [0.25, 0.3) is 16.7 Å². The highest BCUT2D eigenvalue weighted by Crippen LogP contribution is 2.36. The van der Waals surface area contributed by atoms with E-state index in [0.717, 1.165) is 22.2 Å². The van der Waals surface area contributed by atoms with Crippen molar-refractivity contribution in [1.29, 1.82) is 5.26 Å². The number of halogens is 7. The van der Waals surface area contributed by atoms with E-state index in [1.165, 1.54) is 10.8 Å². The van der Waals surface area contributed by atoms with Crippen LogP contribution >= 0.6 is 46.4 Å². The van der Waals surface area contributed by atoms with Crippen LogP contribution in [0.2, 0.25) is 20.4 Å². The van der Waals surface area contributed by atoms with Crippen molar-refractivity contribution in [3.05, 3.63) is 262 Å². The van der Waals surface area contributed by atoms with Gasteiger partial charge < -0.3 is 33.2 Å². The minimum Gasteiger partial charge on any atom is -0.383 e. The number of alkyl halides is 3. The van der Waals surface area contributed by atoms with E-state index in [4.69, 9.17) is 63.6 Å². The molecule has 0 amide bonds. The fourth-order valence-electron chi connectivity index (χ4n) is 10.2. The lowest BCUT2D eigenvalue weighted by Gasteiger charge is -2.23. The first-order chi connectivity index (χ1) is 43.6. The molecule has 0 radical (unpaired) electrons. The van der Waals surface area contributed by atoms with E-state index in [1.54, 1.807) is 94.9 Å². The second-order valence-electron chi connectivity index (χ2n) is 20.4. The summed E-state index contributed by atoms with van der Waals surface area (Å²) in [5.41, 5.74) is 19.2. The highest BCUT2D eigenvalue weighted by atomic mass is 35.5. The van der Waals surface area contributed by atoms with Gasteiger partial charge in [0, 0.05) is 46.4 Å². The Morgan fingerprint density at radius 3 is 1.24 bits per heavy atom. The molecule has 0 bridgehead atoms. The van der Waals surface area contributed by atoms with Crippen molar-refractivity contribution in [3.63, 3.8) is 0 Å². The fourth-order valence-corrected chi connectivity index (χ4v) is 11.1. The van der Waals surface area contributed by atoms with E-state index in [-0.39, 0.29) is 62.3 Å². The third-order valence-electron chi connectivity index (χ3n) is 14.3. The van der Waals surface area contributed by atoms with Crippen molar-refractivity contribution in [2.45, 2.75) is 45.1 Å². The standard InChI is InChI=1S/C22H17ClF3N5O.C22H17ClN6O.C21H17Cl2N5O/c1-12(29-19-15(22(24,25)26)11-28-21(27)30-19)17-10-13-6-5-9-16(23)18(13)20(32)31(17)14-7-3-2-4-8-14;1-13(27-20-15(11-24)12-26-22(25)28-20)18-10-14-6-5-9-17(23)19(14)21(30)29(18)16-7-3-2-4-8-16;1-12(25-18-11-17(24)26-21(23)27-18)16-10-13-6-5-9-15(22)19(13)20(29)28(16)14-7-3-2-4-8-14/h2-12H,1H3,(H3,27,28,29,30);2-10,12-13H,1H3,(H3,25,26,27,28);2-12H,1H3,(H3,24,25,26,27)/t12-;13-;12-/m000/s1. The summed E-state index contributed by atoms with van der Waals surface area (Å²) in [4.78, 5) is 63.5. The summed E-state index contributed by atoms with van der Waals surface area (Å²) in [6.45, 7) is 5.43. The molecule has 12 rings (SSSR count). The fraction of sp³-hybridized carbons (Fsp3) is 0.108. The second kappa shape index (κ2) is 27.0. The molecule has 0 saturated carbocycles. The van der Waals surface area contributed by atoms with Crippen LogP contribution in [-0.2, 0) is 6.18 Å². The number of nitrogens with one attached hydrogen (secondary N) is 3. The second-order valence-corrected chi connectivity index (χ2v) is 21.9. The number of nitrogens with zero attached hydrogens (tertiary/aromatic N) is 10. The maximum absolute atomic E-state index is 13.5. The van der Waals surface area contributed by atoms with Crippen LogP contribution in [0.3, 0.4) is 0 Å². The molecule has 3 atom stereocenters. The zero-order chi connectivity index (χ0) is 64.8. The van der Waals surface area contributed by atoms with Gasteiger partial charge in [0.1, 0.15) is 40.5 Å². The minimum absolute atomic E-state index is 0.0467. The number of para-hydroxylation sites is 3. The highest BCUT2D eigenvalue weighted by Gasteiger charge is 2.36. The Morgan fingerprint density at radius 1 is 0.484 bits per heavy atom. The van der Waals surface area contributed by atoms with E-state index >= 15 is 0 Å². The zero-order valence-corrected chi connectivity index (χ0v) is 51.2. The molecule has 0 fully saturated rings. The summed E-state index contributed by atoms with van der Waals surface area (Å²) in [5, 5.41) is 23.0. The number of nitrogens with two attached hydrogens (primary N) is 3. The molecule has 19 nitrogen and oxygen atoms in total. The smallest absolute Gasteiger partial charge is 0.383 e. The largest absolute Gasteiger partial charge is 0.421 e. The maximum Gasteiger partial charge on any atom is 0.421 e. The van der Waals surface area contributed by atoms with E-state index in [1.807, 2.05) is 111 Å². The first-order valence-electron chi connectivity index (χ1n) is 27.6. The molecule has 0 spiro atoms. The number of nitrogen functional groups attached to an aromatic ring is 3. The van der Waals surface area contributed by atoms with Gasteiger partial charge in [-0.05, 0) is 121 Å². The quantitative estimate of drug-likeness (QED) is 0.0620. The lowest BCUT2D eigenvalue weighted by Crippen LogP contribution is -2.26. The van der Waals surface area contributed by atoms with Crippen LogP contribution in [0.15, 0.2) is 197 Å².